The highest BCUT2D eigenvalue weighted by atomic mass is 16.2. The molecule has 3 nitrogen and oxygen atoms in total. The smallest absolute Gasteiger partial charge is 0.279 e. The lowest BCUT2D eigenvalue weighted by atomic mass is 9.92. The lowest BCUT2D eigenvalue weighted by Crippen LogP contribution is -3.15. The summed E-state index contributed by atoms with van der Waals surface area (Å²) in [4.78, 5) is 13.9. The molecular weight excluding hydrogens is 296 g/mol. The van der Waals surface area contributed by atoms with Crippen molar-refractivity contribution < 1.29 is 9.69 Å². The Morgan fingerprint density at radius 3 is 2.33 bits per heavy atom. The van der Waals surface area contributed by atoms with Crippen LogP contribution in [0.2, 0.25) is 0 Å². The van der Waals surface area contributed by atoms with Crippen molar-refractivity contribution in [3.63, 3.8) is 0 Å². The van der Waals surface area contributed by atoms with E-state index in [1.54, 1.807) is 0 Å². The number of benzene rings is 2. The number of hydrogen-bond donors (Lipinski definition) is 2. The van der Waals surface area contributed by atoms with Gasteiger partial charge in [0.1, 0.15) is 0 Å². The molecule has 126 valence electrons. The number of quaternary nitrogens is 1. The number of amides is 1. The molecule has 1 saturated heterocycles. The molecule has 1 fully saturated rings. The second-order valence-corrected chi connectivity index (χ2v) is 7.24. The molecule has 24 heavy (non-hydrogen) atoms. The molecule has 0 aliphatic carbocycles. The fourth-order valence-electron chi connectivity index (χ4n) is 3.95. The Hall–Kier alpha value is -2.13. The average Bonchev–Trinajstić information content (AvgIpc) is 2.55. The van der Waals surface area contributed by atoms with Gasteiger partial charge < -0.3 is 10.2 Å². The van der Waals surface area contributed by atoms with Gasteiger partial charge in [-0.1, -0.05) is 62.4 Å². The summed E-state index contributed by atoms with van der Waals surface area (Å²) in [6.07, 6.45) is 1.28. The first-order valence-electron chi connectivity index (χ1n) is 8.89. The van der Waals surface area contributed by atoms with Gasteiger partial charge in [-0.15, -0.1) is 0 Å². The lowest BCUT2D eigenvalue weighted by molar-refractivity contribution is -0.904. The molecule has 2 aromatic rings. The van der Waals surface area contributed by atoms with Gasteiger partial charge in [0.25, 0.3) is 5.91 Å². The molecule has 0 spiro atoms. The fraction of sp³-hybridized carbons (Fsp3) is 0.381. The summed E-state index contributed by atoms with van der Waals surface area (Å²) in [7, 11) is 0. The lowest BCUT2D eigenvalue weighted by Gasteiger charge is -2.31. The molecule has 0 unspecified atom stereocenters. The number of rotatable bonds is 4. The van der Waals surface area contributed by atoms with E-state index in [-0.39, 0.29) is 5.91 Å². The molecule has 0 bridgehead atoms. The van der Waals surface area contributed by atoms with E-state index < -0.39 is 0 Å². The molecule has 3 heteroatoms. The van der Waals surface area contributed by atoms with Crippen LogP contribution in [0.1, 0.15) is 20.3 Å². The maximum atomic E-state index is 12.5. The quantitative estimate of drug-likeness (QED) is 0.891. The minimum absolute atomic E-state index is 0.106. The summed E-state index contributed by atoms with van der Waals surface area (Å²) in [5, 5.41) is 3.13. The number of likely N-dealkylation sites (tertiary alicyclic amines) is 1. The standard InChI is InChI=1S/C21H26N2O/c1-16-12-17(2)14-23(13-16)15-21(24)22-20-11-7-6-10-19(20)18-8-4-3-5-9-18/h3-11,16-17H,12-15H2,1-2H3,(H,22,24)/p+1/t16-,17-/m0/s1. The molecule has 0 radical (unpaired) electrons. The Morgan fingerprint density at radius 2 is 1.62 bits per heavy atom. The number of piperidine rings is 1. The number of hydrogen-bond acceptors (Lipinski definition) is 1. The van der Waals surface area contributed by atoms with E-state index in [0.717, 1.165) is 29.9 Å². The van der Waals surface area contributed by atoms with E-state index in [0.29, 0.717) is 18.4 Å². The molecule has 1 heterocycles. The predicted octanol–water partition coefficient (Wildman–Crippen LogP) is 2.85. The Morgan fingerprint density at radius 1 is 1.00 bits per heavy atom. The minimum Gasteiger partial charge on any atom is -0.327 e. The molecule has 2 aromatic carbocycles. The highest BCUT2D eigenvalue weighted by Crippen LogP contribution is 2.27. The van der Waals surface area contributed by atoms with E-state index in [2.05, 4.69) is 37.4 Å². The molecule has 1 aliphatic heterocycles. The van der Waals surface area contributed by atoms with Crippen LogP contribution in [0.15, 0.2) is 54.6 Å². The van der Waals surface area contributed by atoms with Crippen molar-refractivity contribution in [2.75, 3.05) is 25.0 Å². The second-order valence-electron chi connectivity index (χ2n) is 7.24. The van der Waals surface area contributed by atoms with Gasteiger partial charge in [-0.25, -0.2) is 0 Å². The molecule has 1 amide bonds. The summed E-state index contributed by atoms with van der Waals surface area (Å²) in [5.74, 6) is 1.51. The van der Waals surface area contributed by atoms with Gasteiger partial charge in [-0.2, -0.15) is 0 Å². The molecular formula is C21H27N2O+. The molecule has 2 atom stereocenters. The van der Waals surface area contributed by atoms with Crippen molar-refractivity contribution in [3.05, 3.63) is 54.6 Å². The van der Waals surface area contributed by atoms with Gasteiger partial charge in [-0.05, 0) is 18.1 Å². The van der Waals surface area contributed by atoms with E-state index in [4.69, 9.17) is 0 Å². The maximum Gasteiger partial charge on any atom is 0.279 e. The van der Waals surface area contributed by atoms with Crippen LogP contribution in [0.4, 0.5) is 5.69 Å². The highest BCUT2D eigenvalue weighted by molar-refractivity contribution is 5.96. The summed E-state index contributed by atoms with van der Waals surface area (Å²) in [6, 6.07) is 18.2. The number of carbonyl (C=O) groups excluding carboxylic acids is 1. The summed E-state index contributed by atoms with van der Waals surface area (Å²) in [6.45, 7) is 7.32. The first kappa shape index (κ1) is 16.7. The predicted molar refractivity (Wildman–Crippen MR) is 99.0 cm³/mol. The number of anilines is 1. The van der Waals surface area contributed by atoms with Crippen LogP contribution < -0.4 is 10.2 Å². The van der Waals surface area contributed by atoms with Crippen LogP contribution in [0.5, 0.6) is 0 Å². The van der Waals surface area contributed by atoms with Gasteiger partial charge in [0.05, 0.1) is 13.1 Å². The second kappa shape index (κ2) is 7.63. The number of carbonyl (C=O) groups is 1. The number of nitrogens with one attached hydrogen (secondary N) is 2. The van der Waals surface area contributed by atoms with Crippen LogP contribution in [-0.4, -0.2) is 25.5 Å². The molecule has 2 N–H and O–H groups in total. The van der Waals surface area contributed by atoms with Gasteiger partial charge in [0.2, 0.25) is 0 Å². The van der Waals surface area contributed by atoms with Gasteiger partial charge in [-0.3, -0.25) is 4.79 Å². The zero-order valence-corrected chi connectivity index (χ0v) is 14.6. The first-order chi connectivity index (χ1) is 11.6. The number of para-hydroxylation sites is 1. The molecule has 3 rings (SSSR count). The van der Waals surface area contributed by atoms with Crippen molar-refractivity contribution in [1.29, 1.82) is 0 Å². The fourth-order valence-corrected chi connectivity index (χ4v) is 3.95. The average molecular weight is 323 g/mol. The van der Waals surface area contributed by atoms with Gasteiger partial charge in [0, 0.05) is 23.1 Å². The molecule has 1 aliphatic rings. The monoisotopic (exact) mass is 323 g/mol. The third-order valence-corrected chi connectivity index (χ3v) is 4.78. The Kier molecular flexibility index (Phi) is 5.31. The first-order valence-corrected chi connectivity index (χ1v) is 8.89. The highest BCUT2D eigenvalue weighted by Gasteiger charge is 2.26. The summed E-state index contributed by atoms with van der Waals surface area (Å²) in [5.41, 5.74) is 3.09. The van der Waals surface area contributed by atoms with Crippen molar-refractivity contribution in [3.8, 4) is 11.1 Å². The summed E-state index contributed by atoms with van der Waals surface area (Å²) < 4.78 is 0. The van der Waals surface area contributed by atoms with Crippen LogP contribution >= 0.6 is 0 Å². The third kappa shape index (κ3) is 4.24. The normalized spacial score (nSPS) is 23.7. The van der Waals surface area contributed by atoms with Crippen molar-refractivity contribution in [2.45, 2.75) is 20.3 Å². The molecule has 0 saturated carbocycles. The SMILES string of the molecule is C[C@H]1C[C@H](C)C[NH+](CC(=O)Nc2ccccc2-c2ccccc2)C1. The zero-order chi connectivity index (χ0) is 16.9. The van der Waals surface area contributed by atoms with Crippen LogP contribution in [-0.2, 0) is 4.79 Å². The van der Waals surface area contributed by atoms with Gasteiger partial charge in [0.15, 0.2) is 6.54 Å². The molecule has 0 aromatic heterocycles. The topological polar surface area (TPSA) is 33.5 Å². The maximum absolute atomic E-state index is 12.5. The Balaban J connectivity index is 1.69. The van der Waals surface area contributed by atoms with Crippen molar-refractivity contribution in [2.24, 2.45) is 11.8 Å². The van der Waals surface area contributed by atoms with Crippen LogP contribution in [0, 0.1) is 11.8 Å². The van der Waals surface area contributed by atoms with Crippen molar-refractivity contribution >= 4 is 11.6 Å². The van der Waals surface area contributed by atoms with E-state index >= 15 is 0 Å². The van der Waals surface area contributed by atoms with E-state index in [9.17, 15) is 4.79 Å². The van der Waals surface area contributed by atoms with Crippen molar-refractivity contribution in [1.82, 2.24) is 0 Å². The Bertz CT molecular complexity index is 673. The zero-order valence-electron chi connectivity index (χ0n) is 14.6. The van der Waals surface area contributed by atoms with Crippen LogP contribution in [0.3, 0.4) is 0 Å². The van der Waals surface area contributed by atoms with E-state index in [1.165, 1.54) is 11.3 Å². The third-order valence-electron chi connectivity index (χ3n) is 4.78. The Labute approximate surface area is 144 Å². The van der Waals surface area contributed by atoms with Gasteiger partial charge >= 0.3 is 0 Å². The largest absolute Gasteiger partial charge is 0.327 e. The summed E-state index contributed by atoms with van der Waals surface area (Å²) >= 11 is 0. The van der Waals surface area contributed by atoms with E-state index in [1.807, 2.05) is 36.4 Å². The minimum atomic E-state index is 0.106. The van der Waals surface area contributed by atoms with Crippen LogP contribution in [0.25, 0.3) is 11.1 Å².